The lowest BCUT2D eigenvalue weighted by Crippen LogP contribution is -2.29. The van der Waals surface area contributed by atoms with Crippen molar-refractivity contribution in [3.8, 4) is 5.75 Å². The van der Waals surface area contributed by atoms with E-state index in [1.165, 1.54) is 0 Å². The van der Waals surface area contributed by atoms with E-state index < -0.39 is 0 Å². The molecule has 0 radical (unpaired) electrons. The number of hydrogen-bond acceptors (Lipinski definition) is 3. The molecular formula is C18H19N3O2. The van der Waals surface area contributed by atoms with Crippen LogP contribution in [0.4, 0.5) is 0 Å². The number of benzene rings is 1. The van der Waals surface area contributed by atoms with Gasteiger partial charge < -0.3 is 10.1 Å². The Morgan fingerprint density at radius 2 is 1.96 bits per heavy atom. The Hall–Kier alpha value is -2.82. The van der Waals surface area contributed by atoms with Gasteiger partial charge >= 0.3 is 0 Å². The highest BCUT2D eigenvalue weighted by atomic mass is 16.5. The zero-order valence-electron chi connectivity index (χ0n) is 13.2. The molecule has 23 heavy (non-hydrogen) atoms. The Morgan fingerprint density at radius 3 is 2.74 bits per heavy atom. The van der Waals surface area contributed by atoms with Crippen LogP contribution in [0.15, 0.2) is 48.7 Å². The predicted molar refractivity (Wildman–Crippen MR) is 88.9 cm³/mol. The maximum atomic E-state index is 12.4. The van der Waals surface area contributed by atoms with Gasteiger partial charge in [-0.2, -0.15) is 0 Å². The van der Waals surface area contributed by atoms with Gasteiger partial charge in [0.2, 0.25) is 0 Å². The molecule has 0 unspecified atom stereocenters. The molecule has 0 spiro atoms. The second kappa shape index (κ2) is 6.52. The quantitative estimate of drug-likeness (QED) is 0.737. The summed E-state index contributed by atoms with van der Waals surface area (Å²) >= 11 is 0. The van der Waals surface area contributed by atoms with Gasteiger partial charge in [-0.3, -0.25) is 9.20 Å². The maximum Gasteiger partial charge on any atom is 0.270 e. The number of amides is 1. The molecule has 0 bridgehead atoms. The van der Waals surface area contributed by atoms with Crippen LogP contribution in [0.2, 0.25) is 0 Å². The topological polar surface area (TPSA) is 55.6 Å². The fourth-order valence-electron chi connectivity index (χ4n) is 2.48. The lowest BCUT2D eigenvalue weighted by molar-refractivity contribution is 0.0940. The zero-order chi connectivity index (χ0) is 16.2. The standard InChI is InChI=1S/C18H19N3O2/c1-13-8-9-16-20-14(2)17(21(16)12-13)18(22)19-10-11-23-15-6-4-3-5-7-15/h3-9,12H,10-11H2,1-2H3,(H,19,22). The number of aryl methyl sites for hydroxylation is 2. The van der Waals surface area contributed by atoms with Gasteiger partial charge in [-0.05, 0) is 37.6 Å². The smallest absolute Gasteiger partial charge is 0.270 e. The second-order valence-electron chi connectivity index (χ2n) is 5.40. The summed E-state index contributed by atoms with van der Waals surface area (Å²) in [5.41, 5.74) is 3.15. The minimum Gasteiger partial charge on any atom is -0.492 e. The molecule has 3 rings (SSSR count). The highest BCUT2D eigenvalue weighted by Crippen LogP contribution is 2.13. The first-order valence-electron chi connectivity index (χ1n) is 7.56. The molecule has 3 aromatic rings. The fourth-order valence-corrected chi connectivity index (χ4v) is 2.48. The number of rotatable bonds is 5. The van der Waals surface area contributed by atoms with Crippen molar-refractivity contribution in [2.24, 2.45) is 0 Å². The van der Waals surface area contributed by atoms with Gasteiger partial charge in [0.25, 0.3) is 5.91 Å². The third-order valence-electron chi connectivity index (χ3n) is 3.56. The van der Waals surface area contributed by atoms with Crippen molar-refractivity contribution in [3.05, 3.63) is 65.6 Å². The minimum atomic E-state index is -0.141. The van der Waals surface area contributed by atoms with Gasteiger partial charge in [0.1, 0.15) is 23.7 Å². The van der Waals surface area contributed by atoms with Crippen molar-refractivity contribution < 1.29 is 9.53 Å². The zero-order valence-corrected chi connectivity index (χ0v) is 13.2. The van der Waals surface area contributed by atoms with E-state index in [0.29, 0.717) is 18.8 Å². The lowest BCUT2D eigenvalue weighted by Gasteiger charge is -2.08. The third kappa shape index (κ3) is 3.34. The van der Waals surface area contributed by atoms with Crippen LogP contribution in [-0.4, -0.2) is 28.4 Å². The number of nitrogens with one attached hydrogen (secondary N) is 1. The molecule has 0 aliphatic heterocycles. The molecule has 0 saturated heterocycles. The molecule has 2 heterocycles. The fraction of sp³-hybridized carbons (Fsp3) is 0.222. The summed E-state index contributed by atoms with van der Waals surface area (Å²) in [6, 6.07) is 13.4. The van der Waals surface area contributed by atoms with Crippen molar-refractivity contribution in [3.63, 3.8) is 0 Å². The molecule has 0 fully saturated rings. The first-order chi connectivity index (χ1) is 11.1. The molecule has 5 heteroatoms. The SMILES string of the molecule is Cc1ccc2nc(C)c(C(=O)NCCOc3ccccc3)n2c1. The molecule has 2 aromatic heterocycles. The molecular weight excluding hydrogens is 290 g/mol. The monoisotopic (exact) mass is 309 g/mol. The number of imidazole rings is 1. The van der Waals surface area contributed by atoms with Crippen LogP contribution in [0.25, 0.3) is 5.65 Å². The van der Waals surface area contributed by atoms with Crippen molar-refractivity contribution in [2.75, 3.05) is 13.2 Å². The number of pyridine rings is 1. The van der Waals surface area contributed by atoms with Crippen LogP contribution in [0.5, 0.6) is 5.75 Å². The number of aromatic nitrogens is 2. The van der Waals surface area contributed by atoms with Crippen LogP contribution < -0.4 is 10.1 Å². The van der Waals surface area contributed by atoms with E-state index in [1.807, 2.05) is 66.9 Å². The van der Waals surface area contributed by atoms with Crippen LogP contribution in [0, 0.1) is 13.8 Å². The molecule has 0 atom stereocenters. The van der Waals surface area contributed by atoms with Gasteiger partial charge in [0.05, 0.1) is 12.2 Å². The predicted octanol–water partition coefficient (Wildman–Crippen LogP) is 2.76. The highest BCUT2D eigenvalue weighted by molar-refractivity contribution is 5.94. The molecule has 1 aromatic carbocycles. The van der Waals surface area contributed by atoms with E-state index in [9.17, 15) is 4.79 Å². The molecule has 0 saturated carbocycles. The number of carbonyl (C=O) groups excluding carboxylic acids is 1. The summed E-state index contributed by atoms with van der Waals surface area (Å²) in [5.74, 6) is 0.653. The number of carbonyl (C=O) groups is 1. The van der Waals surface area contributed by atoms with E-state index in [1.54, 1.807) is 0 Å². The highest BCUT2D eigenvalue weighted by Gasteiger charge is 2.16. The van der Waals surface area contributed by atoms with Crippen LogP contribution in [0.1, 0.15) is 21.7 Å². The maximum absolute atomic E-state index is 12.4. The largest absolute Gasteiger partial charge is 0.492 e. The number of para-hydroxylation sites is 1. The molecule has 0 aliphatic rings. The van der Waals surface area contributed by atoms with E-state index in [0.717, 1.165) is 22.7 Å². The Kier molecular flexibility index (Phi) is 4.28. The Bertz CT molecular complexity index is 825. The third-order valence-corrected chi connectivity index (χ3v) is 3.56. The molecule has 5 nitrogen and oxygen atoms in total. The summed E-state index contributed by atoms with van der Waals surface area (Å²) < 4.78 is 7.40. The summed E-state index contributed by atoms with van der Waals surface area (Å²) in [6.45, 7) is 4.69. The summed E-state index contributed by atoms with van der Waals surface area (Å²) in [4.78, 5) is 16.9. The van der Waals surface area contributed by atoms with Crippen molar-refractivity contribution in [2.45, 2.75) is 13.8 Å². The first-order valence-corrected chi connectivity index (χ1v) is 7.56. The van der Waals surface area contributed by atoms with Gasteiger partial charge in [-0.25, -0.2) is 4.98 Å². The van der Waals surface area contributed by atoms with E-state index >= 15 is 0 Å². The molecule has 1 N–H and O–H groups in total. The number of fused-ring (bicyclic) bond motifs is 1. The normalized spacial score (nSPS) is 10.7. The van der Waals surface area contributed by atoms with E-state index in [2.05, 4.69) is 10.3 Å². The lowest BCUT2D eigenvalue weighted by atomic mass is 10.3. The Morgan fingerprint density at radius 1 is 1.17 bits per heavy atom. The Labute approximate surface area is 134 Å². The molecule has 1 amide bonds. The van der Waals surface area contributed by atoms with Crippen molar-refractivity contribution in [1.82, 2.24) is 14.7 Å². The van der Waals surface area contributed by atoms with E-state index in [-0.39, 0.29) is 5.91 Å². The van der Waals surface area contributed by atoms with Gasteiger partial charge in [0.15, 0.2) is 0 Å². The molecule has 118 valence electrons. The summed E-state index contributed by atoms with van der Waals surface area (Å²) in [6.07, 6.45) is 1.92. The Balaban J connectivity index is 1.64. The first kappa shape index (κ1) is 15.1. The minimum absolute atomic E-state index is 0.141. The average molecular weight is 309 g/mol. The number of hydrogen-bond donors (Lipinski definition) is 1. The summed E-state index contributed by atoms with van der Waals surface area (Å²) in [7, 11) is 0. The van der Waals surface area contributed by atoms with Gasteiger partial charge in [-0.1, -0.05) is 24.3 Å². The number of nitrogens with zero attached hydrogens (tertiary/aromatic N) is 2. The second-order valence-corrected chi connectivity index (χ2v) is 5.40. The van der Waals surface area contributed by atoms with Crippen molar-refractivity contribution >= 4 is 11.6 Å². The number of ether oxygens (including phenoxy) is 1. The van der Waals surface area contributed by atoms with Crippen LogP contribution in [0.3, 0.4) is 0 Å². The van der Waals surface area contributed by atoms with Crippen molar-refractivity contribution in [1.29, 1.82) is 0 Å². The summed E-state index contributed by atoms with van der Waals surface area (Å²) in [5, 5.41) is 2.88. The van der Waals surface area contributed by atoms with Crippen LogP contribution in [-0.2, 0) is 0 Å². The average Bonchev–Trinajstić information content (AvgIpc) is 2.87. The van der Waals surface area contributed by atoms with E-state index in [4.69, 9.17) is 4.74 Å². The van der Waals surface area contributed by atoms with Gasteiger partial charge in [0, 0.05) is 6.20 Å². The van der Waals surface area contributed by atoms with Crippen LogP contribution >= 0.6 is 0 Å². The van der Waals surface area contributed by atoms with Gasteiger partial charge in [-0.15, -0.1) is 0 Å². The molecule has 0 aliphatic carbocycles.